The van der Waals surface area contributed by atoms with Crippen molar-refractivity contribution in [2.45, 2.75) is 26.7 Å². The van der Waals surface area contributed by atoms with Crippen LogP contribution in [0.5, 0.6) is 0 Å². The second-order valence-electron chi connectivity index (χ2n) is 4.09. The molecule has 1 aromatic carbocycles. The molecule has 0 bridgehead atoms. The number of rotatable bonds is 2. The molecule has 0 amide bonds. The SMILES string of the molecule is Cc1ccc(-n2nc(CCl)cc2C)cc1C. The van der Waals surface area contributed by atoms with Gasteiger partial charge in [-0.15, -0.1) is 11.6 Å². The molecule has 0 saturated heterocycles. The van der Waals surface area contributed by atoms with Crippen LogP contribution >= 0.6 is 11.6 Å². The Labute approximate surface area is 101 Å². The summed E-state index contributed by atoms with van der Waals surface area (Å²) in [6, 6.07) is 8.36. The molecule has 84 valence electrons. The van der Waals surface area contributed by atoms with Crippen molar-refractivity contribution in [3.8, 4) is 5.69 Å². The van der Waals surface area contributed by atoms with E-state index in [-0.39, 0.29) is 0 Å². The third-order valence-electron chi connectivity index (χ3n) is 2.81. The van der Waals surface area contributed by atoms with E-state index in [1.807, 2.05) is 17.7 Å². The van der Waals surface area contributed by atoms with Gasteiger partial charge in [-0.25, -0.2) is 4.68 Å². The minimum absolute atomic E-state index is 0.457. The fourth-order valence-electron chi connectivity index (χ4n) is 1.72. The average molecular weight is 235 g/mol. The molecule has 1 aromatic heterocycles. The zero-order chi connectivity index (χ0) is 11.7. The van der Waals surface area contributed by atoms with Gasteiger partial charge in [0.05, 0.1) is 17.3 Å². The second kappa shape index (κ2) is 4.30. The number of aryl methyl sites for hydroxylation is 3. The van der Waals surface area contributed by atoms with Gasteiger partial charge in [0.15, 0.2) is 0 Å². The third-order valence-corrected chi connectivity index (χ3v) is 3.08. The Hall–Kier alpha value is -1.28. The number of aromatic nitrogens is 2. The molecule has 0 spiro atoms. The van der Waals surface area contributed by atoms with Gasteiger partial charge >= 0.3 is 0 Å². The summed E-state index contributed by atoms with van der Waals surface area (Å²) in [6.45, 7) is 6.26. The smallest absolute Gasteiger partial charge is 0.0779 e. The van der Waals surface area contributed by atoms with Gasteiger partial charge in [0.1, 0.15) is 0 Å². The lowest BCUT2D eigenvalue weighted by Gasteiger charge is -2.07. The Morgan fingerprint density at radius 3 is 2.44 bits per heavy atom. The van der Waals surface area contributed by atoms with Crippen LogP contribution in [0.25, 0.3) is 5.69 Å². The van der Waals surface area contributed by atoms with Crippen molar-refractivity contribution in [2.75, 3.05) is 0 Å². The largest absolute Gasteiger partial charge is 0.238 e. The van der Waals surface area contributed by atoms with E-state index in [1.54, 1.807) is 0 Å². The van der Waals surface area contributed by atoms with Crippen LogP contribution in [0.1, 0.15) is 22.5 Å². The minimum atomic E-state index is 0.457. The highest BCUT2D eigenvalue weighted by atomic mass is 35.5. The zero-order valence-electron chi connectivity index (χ0n) is 9.79. The molecule has 0 aliphatic carbocycles. The van der Waals surface area contributed by atoms with E-state index in [2.05, 4.69) is 37.1 Å². The van der Waals surface area contributed by atoms with Crippen molar-refractivity contribution in [1.29, 1.82) is 0 Å². The molecule has 2 nitrogen and oxygen atoms in total. The van der Waals surface area contributed by atoms with E-state index in [9.17, 15) is 0 Å². The van der Waals surface area contributed by atoms with Crippen molar-refractivity contribution >= 4 is 11.6 Å². The summed E-state index contributed by atoms with van der Waals surface area (Å²) in [5.41, 5.74) is 5.69. The van der Waals surface area contributed by atoms with Crippen LogP contribution in [-0.4, -0.2) is 9.78 Å². The summed E-state index contributed by atoms with van der Waals surface area (Å²) in [6.07, 6.45) is 0. The fourth-order valence-corrected chi connectivity index (χ4v) is 1.85. The summed E-state index contributed by atoms with van der Waals surface area (Å²) >= 11 is 5.78. The first kappa shape index (κ1) is 11.2. The highest BCUT2D eigenvalue weighted by Gasteiger charge is 2.06. The third kappa shape index (κ3) is 1.98. The summed E-state index contributed by atoms with van der Waals surface area (Å²) in [4.78, 5) is 0. The van der Waals surface area contributed by atoms with E-state index in [4.69, 9.17) is 11.6 Å². The molecule has 0 saturated carbocycles. The maximum atomic E-state index is 5.78. The lowest BCUT2D eigenvalue weighted by Crippen LogP contribution is -2.00. The second-order valence-corrected chi connectivity index (χ2v) is 4.36. The zero-order valence-corrected chi connectivity index (χ0v) is 10.5. The van der Waals surface area contributed by atoms with Crippen LogP contribution in [0.15, 0.2) is 24.3 Å². The molecule has 0 fully saturated rings. The molecule has 0 aliphatic heterocycles. The first-order valence-corrected chi connectivity index (χ1v) is 5.84. The van der Waals surface area contributed by atoms with Crippen LogP contribution in [0.4, 0.5) is 0 Å². The highest BCUT2D eigenvalue weighted by Crippen LogP contribution is 2.16. The molecule has 1 heterocycles. The lowest BCUT2D eigenvalue weighted by molar-refractivity contribution is 0.829. The van der Waals surface area contributed by atoms with E-state index in [1.165, 1.54) is 11.1 Å². The molecule has 0 unspecified atom stereocenters. The fraction of sp³-hybridized carbons (Fsp3) is 0.308. The summed E-state index contributed by atoms with van der Waals surface area (Å²) < 4.78 is 1.93. The van der Waals surface area contributed by atoms with E-state index in [0.29, 0.717) is 5.88 Å². The van der Waals surface area contributed by atoms with Crippen LogP contribution < -0.4 is 0 Å². The first-order valence-electron chi connectivity index (χ1n) is 5.31. The van der Waals surface area contributed by atoms with Gasteiger partial charge in [0.2, 0.25) is 0 Å². The molecule has 0 atom stereocenters. The van der Waals surface area contributed by atoms with Crippen LogP contribution in [0.3, 0.4) is 0 Å². The average Bonchev–Trinajstić information content (AvgIpc) is 2.64. The van der Waals surface area contributed by atoms with Crippen LogP contribution in [-0.2, 0) is 5.88 Å². The molecule has 2 aromatic rings. The molecular formula is C13H15ClN2. The maximum Gasteiger partial charge on any atom is 0.0779 e. The molecule has 0 N–H and O–H groups in total. The van der Waals surface area contributed by atoms with E-state index >= 15 is 0 Å². The Kier molecular flexibility index (Phi) is 3.01. The van der Waals surface area contributed by atoms with Crippen molar-refractivity contribution in [3.05, 3.63) is 46.8 Å². The van der Waals surface area contributed by atoms with Crippen molar-refractivity contribution in [1.82, 2.24) is 9.78 Å². The van der Waals surface area contributed by atoms with E-state index in [0.717, 1.165) is 17.1 Å². The standard InChI is InChI=1S/C13H15ClN2/c1-9-4-5-13(6-10(9)2)16-11(3)7-12(8-14)15-16/h4-7H,8H2,1-3H3. The first-order chi connectivity index (χ1) is 7.61. The van der Waals surface area contributed by atoms with Gasteiger partial charge in [-0.2, -0.15) is 5.10 Å². The minimum Gasteiger partial charge on any atom is -0.238 e. The Bertz CT molecular complexity index is 515. The number of nitrogens with zero attached hydrogens (tertiary/aromatic N) is 2. The summed E-state index contributed by atoms with van der Waals surface area (Å²) in [7, 11) is 0. The van der Waals surface area contributed by atoms with Gasteiger partial charge in [0.25, 0.3) is 0 Å². The maximum absolute atomic E-state index is 5.78. The molecule has 16 heavy (non-hydrogen) atoms. The number of alkyl halides is 1. The number of hydrogen-bond donors (Lipinski definition) is 0. The topological polar surface area (TPSA) is 17.8 Å². The predicted molar refractivity (Wildman–Crippen MR) is 67.3 cm³/mol. The highest BCUT2D eigenvalue weighted by molar-refractivity contribution is 6.16. The number of halogens is 1. The number of benzene rings is 1. The molecule has 0 radical (unpaired) electrons. The molecule has 3 heteroatoms. The van der Waals surface area contributed by atoms with Gasteiger partial charge in [0, 0.05) is 5.69 Å². The quantitative estimate of drug-likeness (QED) is 0.727. The van der Waals surface area contributed by atoms with Gasteiger partial charge < -0.3 is 0 Å². The Balaban J connectivity index is 2.49. The monoisotopic (exact) mass is 234 g/mol. The summed E-state index contributed by atoms with van der Waals surface area (Å²) in [5.74, 6) is 0.457. The van der Waals surface area contributed by atoms with E-state index < -0.39 is 0 Å². The summed E-state index contributed by atoms with van der Waals surface area (Å²) in [5, 5.41) is 4.45. The van der Waals surface area contributed by atoms with Gasteiger partial charge in [-0.1, -0.05) is 6.07 Å². The van der Waals surface area contributed by atoms with Crippen molar-refractivity contribution < 1.29 is 0 Å². The van der Waals surface area contributed by atoms with Crippen LogP contribution in [0, 0.1) is 20.8 Å². The molecular weight excluding hydrogens is 220 g/mol. The predicted octanol–water partition coefficient (Wildman–Crippen LogP) is 3.54. The normalized spacial score (nSPS) is 10.8. The molecule has 0 aliphatic rings. The van der Waals surface area contributed by atoms with Gasteiger partial charge in [-0.05, 0) is 50.1 Å². The van der Waals surface area contributed by atoms with Crippen molar-refractivity contribution in [2.24, 2.45) is 0 Å². The Morgan fingerprint density at radius 2 is 1.88 bits per heavy atom. The Morgan fingerprint density at radius 1 is 1.12 bits per heavy atom. The molecule has 2 rings (SSSR count). The van der Waals surface area contributed by atoms with Crippen LogP contribution in [0.2, 0.25) is 0 Å². The van der Waals surface area contributed by atoms with Crippen molar-refractivity contribution in [3.63, 3.8) is 0 Å². The number of hydrogen-bond acceptors (Lipinski definition) is 1. The van der Waals surface area contributed by atoms with Gasteiger partial charge in [-0.3, -0.25) is 0 Å². The lowest BCUT2D eigenvalue weighted by atomic mass is 10.1.